The minimum absolute atomic E-state index is 0.664. The molecule has 0 fully saturated rings. The molecule has 0 aliphatic carbocycles. The zero-order valence-electron chi connectivity index (χ0n) is 29.5. The molecular weight excluding hydrogens is 689 g/mol. The third-order valence-electron chi connectivity index (χ3n) is 11.1. The predicted octanol–water partition coefficient (Wildman–Crippen LogP) is 13.5. The van der Waals surface area contributed by atoms with Crippen molar-refractivity contribution >= 4 is 86.0 Å². The van der Waals surface area contributed by atoms with Crippen LogP contribution >= 0.6 is 11.3 Å². The molecule has 0 aliphatic heterocycles. The largest absolute Gasteiger partial charge is 0.309 e. The Labute approximate surface area is 319 Å². The van der Waals surface area contributed by atoms with Crippen LogP contribution in [0.15, 0.2) is 182 Å². The fourth-order valence-electron chi connectivity index (χ4n) is 8.67. The van der Waals surface area contributed by atoms with E-state index in [4.69, 9.17) is 9.97 Å². The van der Waals surface area contributed by atoms with Gasteiger partial charge in [0, 0.05) is 42.9 Å². The first-order valence-corrected chi connectivity index (χ1v) is 19.4. The number of nitrogens with zero attached hydrogens (tertiary/aromatic N) is 4. The minimum atomic E-state index is 0.664. The number of benzene rings is 8. The molecule has 12 aromatic rings. The second kappa shape index (κ2) is 11.7. The van der Waals surface area contributed by atoms with Crippen LogP contribution in [0.4, 0.5) is 0 Å². The maximum Gasteiger partial charge on any atom is 0.235 e. The second-order valence-corrected chi connectivity index (χ2v) is 15.2. The lowest BCUT2D eigenvalue weighted by molar-refractivity contribution is 1.02. The van der Waals surface area contributed by atoms with Gasteiger partial charge in [0.15, 0.2) is 0 Å². The summed E-state index contributed by atoms with van der Waals surface area (Å²) >= 11 is 1.78. The molecule has 0 saturated carbocycles. The molecule has 0 radical (unpaired) electrons. The van der Waals surface area contributed by atoms with Crippen molar-refractivity contribution in [2.75, 3.05) is 0 Å². The lowest BCUT2D eigenvalue weighted by Gasteiger charge is -2.11. The molecule has 256 valence electrons. The third kappa shape index (κ3) is 4.51. The summed E-state index contributed by atoms with van der Waals surface area (Å²) in [7, 11) is 0. The molecule has 0 bridgehead atoms. The van der Waals surface area contributed by atoms with Crippen molar-refractivity contribution in [3.63, 3.8) is 0 Å². The Morgan fingerprint density at radius 3 is 1.76 bits per heavy atom. The molecule has 0 spiro atoms. The van der Waals surface area contributed by atoms with Crippen LogP contribution in [0.1, 0.15) is 0 Å². The summed E-state index contributed by atoms with van der Waals surface area (Å²) in [4.78, 5) is 11.2. The summed E-state index contributed by atoms with van der Waals surface area (Å²) in [6.07, 6.45) is 0. The molecule has 8 aromatic carbocycles. The van der Waals surface area contributed by atoms with Gasteiger partial charge in [-0.05, 0) is 70.4 Å². The van der Waals surface area contributed by atoms with E-state index in [1.54, 1.807) is 11.3 Å². The highest BCUT2D eigenvalue weighted by Gasteiger charge is 2.23. The highest BCUT2D eigenvalue weighted by Crippen LogP contribution is 2.44. The zero-order chi connectivity index (χ0) is 36.0. The van der Waals surface area contributed by atoms with Crippen molar-refractivity contribution < 1.29 is 0 Å². The molecule has 12 rings (SSSR count). The number of fused-ring (bicyclic) bond motifs is 11. The van der Waals surface area contributed by atoms with E-state index < -0.39 is 0 Å². The molecule has 5 heteroatoms. The third-order valence-corrected chi connectivity index (χ3v) is 12.3. The molecule has 0 unspecified atom stereocenters. The highest BCUT2D eigenvalue weighted by atomic mass is 32.1. The van der Waals surface area contributed by atoms with Crippen LogP contribution in [0.2, 0.25) is 0 Å². The first-order chi connectivity index (χ1) is 27.3. The molecular formula is C50H30N4S. The molecule has 55 heavy (non-hydrogen) atoms. The fraction of sp³-hybridized carbons (Fsp3) is 0. The van der Waals surface area contributed by atoms with Crippen LogP contribution in [-0.2, 0) is 0 Å². The molecule has 4 heterocycles. The van der Waals surface area contributed by atoms with Crippen LogP contribution in [-0.4, -0.2) is 19.1 Å². The summed E-state index contributed by atoms with van der Waals surface area (Å²) in [5.74, 6) is 0.664. The van der Waals surface area contributed by atoms with Gasteiger partial charge in [-0.25, -0.2) is 9.97 Å². The van der Waals surface area contributed by atoms with Crippen molar-refractivity contribution in [2.45, 2.75) is 0 Å². The van der Waals surface area contributed by atoms with Crippen LogP contribution in [0.25, 0.3) is 109 Å². The Morgan fingerprint density at radius 2 is 1.00 bits per heavy atom. The number of thiophene rings is 1. The van der Waals surface area contributed by atoms with Gasteiger partial charge in [-0.2, -0.15) is 0 Å². The van der Waals surface area contributed by atoms with Crippen molar-refractivity contribution in [3.05, 3.63) is 182 Å². The van der Waals surface area contributed by atoms with Gasteiger partial charge in [0.1, 0.15) is 0 Å². The zero-order valence-corrected chi connectivity index (χ0v) is 30.3. The second-order valence-electron chi connectivity index (χ2n) is 14.2. The highest BCUT2D eigenvalue weighted by molar-refractivity contribution is 7.26. The predicted molar refractivity (Wildman–Crippen MR) is 232 cm³/mol. The maximum atomic E-state index is 5.58. The van der Waals surface area contributed by atoms with E-state index in [0.717, 1.165) is 43.8 Å². The Bertz CT molecular complexity index is 3480. The maximum absolute atomic E-state index is 5.58. The summed E-state index contributed by atoms with van der Waals surface area (Å²) in [6, 6.07) is 65.3. The lowest BCUT2D eigenvalue weighted by atomic mass is 10.0. The number of hydrogen-bond donors (Lipinski definition) is 0. The lowest BCUT2D eigenvalue weighted by Crippen LogP contribution is -2.03. The van der Waals surface area contributed by atoms with Crippen LogP contribution in [0, 0.1) is 0 Å². The van der Waals surface area contributed by atoms with E-state index >= 15 is 0 Å². The van der Waals surface area contributed by atoms with Crippen molar-refractivity contribution in [1.82, 2.24) is 19.1 Å². The number of para-hydroxylation sites is 3. The molecule has 4 nitrogen and oxygen atoms in total. The van der Waals surface area contributed by atoms with Gasteiger partial charge in [0.25, 0.3) is 0 Å². The van der Waals surface area contributed by atoms with Crippen molar-refractivity contribution in [3.8, 4) is 34.0 Å². The standard InChI is InChI=1S/C50H30N4S/c1-3-14-31(15-4-1)33-17-13-18-34(28-33)47-49-48(46-36-21-8-7-16-32(36)26-27-45(46)55-49)52-50(51-47)54-42-25-12-10-23-38(42)40-29-43-39(30-44(40)54)37-22-9-11-24-41(37)53(43)35-19-5-2-6-20-35/h1-30H. The SMILES string of the molecule is c1ccc(-c2cccc(-c3nc(-n4c5ccccc5c5cc6c(cc54)c4ccccc4n6-c4ccccc4)nc4c3sc3ccc5ccccc5c34)c2)cc1. The van der Waals surface area contributed by atoms with Gasteiger partial charge in [-0.1, -0.05) is 133 Å². The normalized spacial score (nSPS) is 12.0. The summed E-state index contributed by atoms with van der Waals surface area (Å²) < 4.78 is 6.98. The van der Waals surface area contributed by atoms with Gasteiger partial charge < -0.3 is 4.57 Å². The smallest absolute Gasteiger partial charge is 0.235 e. The summed E-state index contributed by atoms with van der Waals surface area (Å²) in [5.41, 5.74) is 11.0. The molecule has 0 atom stereocenters. The monoisotopic (exact) mass is 718 g/mol. The Morgan fingerprint density at radius 1 is 0.400 bits per heavy atom. The van der Waals surface area contributed by atoms with E-state index in [-0.39, 0.29) is 0 Å². The molecule has 4 aromatic heterocycles. The van der Waals surface area contributed by atoms with E-state index in [1.807, 2.05) is 0 Å². The number of aromatic nitrogens is 4. The number of hydrogen-bond acceptors (Lipinski definition) is 3. The topological polar surface area (TPSA) is 35.6 Å². The molecule has 0 saturated heterocycles. The van der Waals surface area contributed by atoms with E-state index in [2.05, 4.69) is 191 Å². The van der Waals surface area contributed by atoms with Crippen molar-refractivity contribution in [1.29, 1.82) is 0 Å². The summed E-state index contributed by atoms with van der Waals surface area (Å²) in [5, 5.41) is 8.33. The first kappa shape index (κ1) is 30.4. The van der Waals surface area contributed by atoms with E-state index in [9.17, 15) is 0 Å². The van der Waals surface area contributed by atoms with Crippen LogP contribution in [0.5, 0.6) is 0 Å². The fourth-order valence-corrected chi connectivity index (χ4v) is 9.84. The summed E-state index contributed by atoms with van der Waals surface area (Å²) in [6.45, 7) is 0. The quantitative estimate of drug-likeness (QED) is 0.182. The Hall–Kier alpha value is -7.08. The molecule has 0 aliphatic rings. The Kier molecular flexibility index (Phi) is 6.47. The van der Waals surface area contributed by atoms with Crippen LogP contribution in [0.3, 0.4) is 0 Å². The molecule has 0 N–H and O–H groups in total. The Balaban J connectivity index is 1.21. The number of rotatable bonds is 4. The van der Waals surface area contributed by atoms with Gasteiger partial charge in [-0.15, -0.1) is 11.3 Å². The van der Waals surface area contributed by atoms with Crippen LogP contribution < -0.4 is 0 Å². The van der Waals surface area contributed by atoms with Gasteiger partial charge in [-0.3, -0.25) is 4.57 Å². The average molecular weight is 719 g/mol. The first-order valence-electron chi connectivity index (χ1n) is 18.6. The van der Waals surface area contributed by atoms with E-state index in [1.165, 1.54) is 59.0 Å². The van der Waals surface area contributed by atoms with Gasteiger partial charge in [0.05, 0.1) is 38.0 Å². The molecule has 0 amide bonds. The van der Waals surface area contributed by atoms with Gasteiger partial charge in [0.2, 0.25) is 5.95 Å². The van der Waals surface area contributed by atoms with Crippen molar-refractivity contribution in [2.24, 2.45) is 0 Å². The van der Waals surface area contributed by atoms with E-state index in [0.29, 0.717) is 5.95 Å². The average Bonchev–Trinajstić information content (AvgIpc) is 3.91. The van der Waals surface area contributed by atoms with Gasteiger partial charge >= 0.3 is 0 Å². The minimum Gasteiger partial charge on any atom is -0.309 e.